The molecule has 0 saturated heterocycles. The van der Waals surface area contributed by atoms with Crippen LogP contribution in [-0.4, -0.2) is 26.2 Å². The molecule has 1 aliphatic rings. The maximum absolute atomic E-state index is 12.7. The number of hydrogen-bond acceptors (Lipinski definition) is 5. The van der Waals surface area contributed by atoms with Gasteiger partial charge in [0.05, 0.1) is 22.2 Å². The molecule has 1 saturated carbocycles. The lowest BCUT2D eigenvalue weighted by molar-refractivity contribution is -0.121. The summed E-state index contributed by atoms with van der Waals surface area (Å²) in [5, 5.41) is 13.2. The van der Waals surface area contributed by atoms with Crippen molar-refractivity contribution in [3.8, 4) is 6.07 Å². The van der Waals surface area contributed by atoms with Crippen LogP contribution in [0.2, 0.25) is 0 Å². The van der Waals surface area contributed by atoms with Crippen molar-refractivity contribution in [3.63, 3.8) is 0 Å². The monoisotopic (exact) mass is 384 g/mol. The SMILES string of the molecule is CCn1c(S[C@H](C)C(=O)NC2(C#N)CCCCC2)nc2ccccc2c1=O. The van der Waals surface area contributed by atoms with Gasteiger partial charge in [0.2, 0.25) is 5.91 Å². The minimum absolute atomic E-state index is 0.0982. The molecule has 0 radical (unpaired) electrons. The van der Waals surface area contributed by atoms with Crippen molar-refractivity contribution < 1.29 is 4.79 Å². The molecule has 1 aromatic carbocycles. The number of nitriles is 1. The highest BCUT2D eigenvalue weighted by atomic mass is 32.2. The van der Waals surface area contributed by atoms with Crippen molar-refractivity contribution in [2.75, 3.05) is 0 Å². The Kier molecular flexibility index (Phi) is 5.85. The number of nitrogens with one attached hydrogen (secondary N) is 1. The Morgan fingerprint density at radius 2 is 2.07 bits per heavy atom. The lowest BCUT2D eigenvalue weighted by Crippen LogP contribution is -2.51. The van der Waals surface area contributed by atoms with E-state index in [1.807, 2.05) is 19.1 Å². The van der Waals surface area contributed by atoms with E-state index in [0.29, 0.717) is 35.4 Å². The summed E-state index contributed by atoms with van der Waals surface area (Å²) in [5.41, 5.74) is -0.229. The van der Waals surface area contributed by atoms with E-state index in [0.717, 1.165) is 19.3 Å². The van der Waals surface area contributed by atoms with Crippen LogP contribution in [0.3, 0.4) is 0 Å². The number of hydrogen-bond donors (Lipinski definition) is 1. The van der Waals surface area contributed by atoms with Crippen LogP contribution in [0.1, 0.15) is 46.0 Å². The van der Waals surface area contributed by atoms with Crippen molar-refractivity contribution in [2.24, 2.45) is 0 Å². The van der Waals surface area contributed by atoms with Gasteiger partial charge < -0.3 is 5.32 Å². The first-order chi connectivity index (χ1) is 13.0. The molecule has 0 aliphatic heterocycles. The Bertz CT molecular complexity index is 941. The van der Waals surface area contributed by atoms with Gasteiger partial charge in [0.1, 0.15) is 5.54 Å². The van der Waals surface area contributed by atoms with E-state index < -0.39 is 10.8 Å². The lowest BCUT2D eigenvalue weighted by atomic mass is 9.83. The van der Waals surface area contributed by atoms with Gasteiger partial charge >= 0.3 is 0 Å². The molecular weight excluding hydrogens is 360 g/mol. The van der Waals surface area contributed by atoms with Gasteiger partial charge in [0.25, 0.3) is 5.56 Å². The smallest absolute Gasteiger partial charge is 0.262 e. The minimum Gasteiger partial charge on any atom is -0.337 e. The third-order valence-corrected chi connectivity index (χ3v) is 6.17. The fraction of sp³-hybridized carbons (Fsp3) is 0.500. The van der Waals surface area contributed by atoms with Crippen molar-refractivity contribution in [3.05, 3.63) is 34.6 Å². The molecule has 1 heterocycles. The van der Waals surface area contributed by atoms with E-state index in [2.05, 4.69) is 16.4 Å². The zero-order valence-corrected chi connectivity index (χ0v) is 16.5. The second-order valence-electron chi connectivity index (χ2n) is 6.96. The largest absolute Gasteiger partial charge is 0.337 e. The summed E-state index contributed by atoms with van der Waals surface area (Å²) < 4.78 is 1.59. The number of para-hydroxylation sites is 1. The quantitative estimate of drug-likeness (QED) is 0.631. The summed E-state index contributed by atoms with van der Waals surface area (Å²) in [6.45, 7) is 4.16. The van der Waals surface area contributed by atoms with Crippen LogP contribution in [0.4, 0.5) is 0 Å². The van der Waals surface area contributed by atoms with Crippen LogP contribution in [0.5, 0.6) is 0 Å². The van der Waals surface area contributed by atoms with E-state index >= 15 is 0 Å². The molecule has 0 spiro atoms. The van der Waals surface area contributed by atoms with Gasteiger partial charge in [-0.25, -0.2) is 4.98 Å². The zero-order chi connectivity index (χ0) is 19.4. The highest BCUT2D eigenvalue weighted by Gasteiger charge is 2.35. The van der Waals surface area contributed by atoms with Crippen LogP contribution >= 0.6 is 11.8 Å². The number of rotatable bonds is 5. The standard InChI is InChI=1S/C20H24N4O2S/c1-3-24-18(26)15-9-5-6-10-16(15)22-19(24)27-14(2)17(25)23-20(13-21)11-7-4-8-12-20/h5-6,9-10,14H,3-4,7-8,11-12H2,1-2H3,(H,23,25)/t14-/m1/s1. The van der Waals surface area contributed by atoms with Crippen molar-refractivity contribution in [2.45, 2.75) is 68.4 Å². The van der Waals surface area contributed by atoms with Crippen LogP contribution in [0.25, 0.3) is 10.9 Å². The Morgan fingerprint density at radius 3 is 2.74 bits per heavy atom. The number of nitrogens with zero attached hydrogens (tertiary/aromatic N) is 3. The predicted molar refractivity (Wildman–Crippen MR) is 107 cm³/mol. The zero-order valence-electron chi connectivity index (χ0n) is 15.7. The summed E-state index contributed by atoms with van der Waals surface area (Å²) >= 11 is 1.26. The third kappa shape index (κ3) is 4.01. The van der Waals surface area contributed by atoms with Crippen LogP contribution in [-0.2, 0) is 11.3 Å². The Labute approximate surface area is 163 Å². The molecule has 27 heavy (non-hydrogen) atoms. The first kappa shape index (κ1) is 19.4. The van der Waals surface area contributed by atoms with Gasteiger partial charge in [-0.2, -0.15) is 5.26 Å². The molecule has 1 amide bonds. The second kappa shape index (κ2) is 8.13. The number of aromatic nitrogens is 2. The number of benzene rings is 1. The highest BCUT2D eigenvalue weighted by molar-refractivity contribution is 8.00. The first-order valence-corrected chi connectivity index (χ1v) is 10.3. The van der Waals surface area contributed by atoms with Gasteiger partial charge in [0.15, 0.2) is 5.16 Å². The van der Waals surface area contributed by atoms with Crippen LogP contribution in [0.15, 0.2) is 34.2 Å². The summed E-state index contributed by atoms with van der Waals surface area (Å²) in [5.74, 6) is -0.187. The average molecular weight is 385 g/mol. The fourth-order valence-corrected chi connectivity index (χ4v) is 4.46. The van der Waals surface area contributed by atoms with Gasteiger partial charge in [0, 0.05) is 6.54 Å². The lowest BCUT2D eigenvalue weighted by Gasteiger charge is -2.32. The van der Waals surface area contributed by atoms with Crippen molar-refractivity contribution >= 4 is 28.6 Å². The molecule has 3 rings (SSSR count). The van der Waals surface area contributed by atoms with Gasteiger partial charge in [-0.3, -0.25) is 14.2 Å². The van der Waals surface area contributed by atoms with Gasteiger partial charge in [-0.05, 0) is 38.8 Å². The molecule has 1 atom stereocenters. The molecule has 142 valence electrons. The number of amides is 1. The normalized spacial score (nSPS) is 17.2. The second-order valence-corrected chi connectivity index (χ2v) is 8.27. The van der Waals surface area contributed by atoms with E-state index in [-0.39, 0.29) is 11.5 Å². The summed E-state index contributed by atoms with van der Waals surface area (Å²) in [6, 6.07) is 9.54. The maximum atomic E-state index is 12.7. The molecule has 0 bridgehead atoms. The fourth-order valence-electron chi connectivity index (χ4n) is 3.49. The van der Waals surface area contributed by atoms with Crippen molar-refractivity contribution in [1.82, 2.24) is 14.9 Å². The van der Waals surface area contributed by atoms with E-state index in [9.17, 15) is 14.9 Å². The molecule has 6 nitrogen and oxygen atoms in total. The average Bonchev–Trinajstić information content (AvgIpc) is 2.69. The van der Waals surface area contributed by atoms with Gasteiger partial charge in [-0.1, -0.05) is 43.2 Å². The Balaban J connectivity index is 1.83. The Morgan fingerprint density at radius 1 is 1.37 bits per heavy atom. The van der Waals surface area contributed by atoms with Crippen molar-refractivity contribution in [1.29, 1.82) is 5.26 Å². The topological polar surface area (TPSA) is 87.8 Å². The Hall–Kier alpha value is -2.33. The minimum atomic E-state index is -0.759. The van der Waals surface area contributed by atoms with E-state index in [1.165, 1.54) is 11.8 Å². The molecule has 2 aromatic rings. The molecule has 7 heteroatoms. The maximum Gasteiger partial charge on any atom is 0.262 e. The van der Waals surface area contributed by atoms with Crippen LogP contribution in [0, 0.1) is 11.3 Å². The summed E-state index contributed by atoms with van der Waals surface area (Å²) in [7, 11) is 0. The highest BCUT2D eigenvalue weighted by Crippen LogP contribution is 2.29. The van der Waals surface area contributed by atoms with Crippen LogP contribution < -0.4 is 10.9 Å². The van der Waals surface area contributed by atoms with E-state index in [1.54, 1.807) is 23.6 Å². The molecule has 0 unspecified atom stereocenters. The molecule has 1 aliphatic carbocycles. The number of thioether (sulfide) groups is 1. The summed E-state index contributed by atoms with van der Waals surface area (Å²) in [4.78, 5) is 30.0. The first-order valence-electron chi connectivity index (χ1n) is 9.39. The van der Waals surface area contributed by atoms with E-state index in [4.69, 9.17) is 0 Å². The predicted octanol–water partition coefficient (Wildman–Crippen LogP) is 3.24. The van der Waals surface area contributed by atoms with Gasteiger partial charge in [-0.15, -0.1) is 0 Å². The molecule has 1 N–H and O–H groups in total. The third-order valence-electron chi connectivity index (χ3n) is 5.08. The number of fused-ring (bicyclic) bond motifs is 1. The molecular formula is C20H24N4O2S. The molecule has 1 aromatic heterocycles. The number of carbonyl (C=O) groups excluding carboxylic acids is 1. The number of carbonyl (C=O) groups is 1. The summed E-state index contributed by atoms with van der Waals surface area (Å²) in [6.07, 6.45) is 4.41. The molecule has 1 fully saturated rings.